The van der Waals surface area contributed by atoms with Gasteiger partial charge in [-0.05, 0) is 26.1 Å². The minimum absolute atomic E-state index is 0. The molecular weight excluding hydrogens is 246 g/mol. The van der Waals surface area contributed by atoms with Crippen molar-refractivity contribution in [2.24, 2.45) is 0 Å². The molecule has 0 radical (unpaired) electrons. The van der Waals surface area contributed by atoms with Gasteiger partial charge in [-0.2, -0.15) is 0 Å². The second-order valence-electron chi connectivity index (χ2n) is 5.92. The Morgan fingerprint density at radius 2 is 0.850 bits per heavy atom. The summed E-state index contributed by atoms with van der Waals surface area (Å²) in [4.78, 5) is 2.54. The van der Waals surface area contributed by atoms with Crippen molar-refractivity contribution < 1.29 is 5.48 Å². The van der Waals surface area contributed by atoms with Gasteiger partial charge in [0, 0.05) is 0 Å². The van der Waals surface area contributed by atoms with Crippen molar-refractivity contribution in [2.75, 3.05) is 19.6 Å². The largest absolute Gasteiger partial charge is 0.412 e. The lowest BCUT2D eigenvalue weighted by molar-refractivity contribution is 0.295. The Labute approximate surface area is 128 Å². The molecule has 20 heavy (non-hydrogen) atoms. The van der Waals surface area contributed by atoms with Crippen LogP contribution >= 0.6 is 0 Å². The highest BCUT2D eigenvalue weighted by molar-refractivity contribution is 4.53. The Morgan fingerprint density at radius 3 is 1.20 bits per heavy atom. The second-order valence-corrected chi connectivity index (χ2v) is 5.92. The van der Waals surface area contributed by atoms with Gasteiger partial charge in [-0.3, -0.25) is 0 Å². The van der Waals surface area contributed by atoms with Gasteiger partial charge >= 0.3 is 0 Å². The number of hydrogen-bond acceptors (Lipinski definition) is 1. The fourth-order valence-electron chi connectivity index (χ4n) is 2.72. The number of nitrogens with zero attached hydrogens (tertiary/aromatic N) is 1. The summed E-state index contributed by atoms with van der Waals surface area (Å²) in [6.07, 6.45) is 17.4. The number of hydrogen-bond donors (Lipinski definition) is 0. The predicted octanol–water partition coefficient (Wildman–Crippen LogP) is 5.20. The smallest absolute Gasteiger partial charge is 0.00190 e. The average molecular weight is 288 g/mol. The molecule has 0 unspecified atom stereocenters. The van der Waals surface area contributed by atoms with Crippen LogP contribution in [0.5, 0.6) is 0 Å². The molecular formula is C18H41NO. The van der Waals surface area contributed by atoms with Gasteiger partial charge in [-0.1, -0.05) is 91.4 Å². The molecule has 0 heterocycles. The Kier molecular flexibility index (Phi) is 21.0. The van der Waals surface area contributed by atoms with Crippen LogP contribution in [0.3, 0.4) is 0 Å². The summed E-state index contributed by atoms with van der Waals surface area (Å²) in [6, 6.07) is 0. The van der Waals surface area contributed by atoms with Crippen LogP contribution in [0.15, 0.2) is 0 Å². The molecule has 0 aliphatic carbocycles. The minimum atomic E-state index is 0. The molecule has 0 aromatic heterocycles. The van der Waals surface area contributed by atoms with Gasteiger partial charge in [0.2, 0.25) is 0 Å². The lowest BCUT2D eigenvalue weighted by Crippen LogP contribution is -2.23. The summed E-state index contributed by atoms with van der Waals surface area (Å²) < 4.78 is 0. The zero-order valence-corrected chi connectivity index (χ0v) is 14.6. The lowest BCUT2D eigenvalue weighted by Gasteiger charge is -2.17. The van der Waals surface area contributed by atoms with Gasteiger partial charge in [-0.25, -0.2) is 0 Å². The van der Waals surface area contributed by atoms with Crippen LogP contribution in [0.2, 0.25) is 0 Å². The van der Waals surface area contributed by atoms with Crippen LogP contribution in [-0.2, 0) is 0 Å². The van der Waals surface area contributed by atoms with E-state index in [1.807, 2.05) is 0 Å². The van der Waals surface area contributed by atoms with Gasteiger partial charge < -0.3 is 10.4 Å². The van der Waals surface area contributed by atoms with Gasteiger partial charge in [-0.15, -0.1) is 0 Å². The topological polar surface area (TPSA) is 34.7 Å². The van der Waals surface area contributed by atoms with Crippen molar-refractivity contribution >= 4 is 0 Å². The zero-order chi connectivity index (χ0) is 14.2. The van der Waals surface area contributed by atoms with Gasteiger partial charge in [0.15, 0.2) is 0 Å². The third kappa shape index (κ3) is 16.0. The summed E-state index contributed by atoms with van der Waals surface area (Å²) in [5.41, 5.74) is 0. The highest BCUT2D eigenvalue weighted by atomic mass is 16.0. The van der Waals surface area contributed by atoms with Crippen LogP contribution in [0.4, 0.5) is 0 Å². The second kappa shape index (κ2) is 18.9. The van der Waals surface area contributed by atoms with Crippen molar-refractivity contribution in [3.63, 3.8) is 0 Å². The van der Waals surface area contributed by atoms with Gasteiger partial charge in [0.25, 0.3) is 0 Å². The van der Waals surface area contributed by atoms with E-state index in [1.165, 1.54) is 96.7 Å². The fourth-order valence-corrected chi connectivity index (χ4v) is 2.72. The Balaban J connectivity index is 0. The van der Waals surface area contributed by atoms with Crippen LogP contribution in [0.25, 0.3) is 0 Å². The van der Waals surface area contributed by atoms with E-state index in [2.05, 4.69) is 25.7 Å². The molecule has 0 aliphatic rings. The molecule has 0 spiro atoms. The lowest BCUT2D eigenvalue weighted by atomic mass is 10.1. The molecule has 0 aromatic rings. The van der Waals surface area contributed by atoms with E-state index in [0.29, 0.717) is 0 Å². The molecule has 0 bridgehead atoms. The van der Waals surface area contributed by atoms with Crippen molar-refractivity contribution in [1.29, 1.82) is 0 Å². The number of unbranched alkanes of at least 4 members (excludes halogenated alkanes) is 11. The maximum atomic E-state index is 2.54. The molecule has 0 saturated heterocycles. The molecule has 2 nitrogen and oxygen atoms in total. The van der Waals surface area contributed by atoms with Crippen molar-refractivity contribution in [3.05, 3.63) is 0 Å². The summed E-state index contributed by atoms with van der Waals surface area (Å²) >= 11 is 0. The van der Waals surface area contributed by atoms with Crippen LogP contribution in [0.1, 0.15) is 97.8 Å². The average Bonchev–Trinajstić information content (AvgIpc) is 2.44. The maximum absolute atomic E-state index is 2.54. The summed E-state index contributed by atoms with van der Waals surface area (Å²) in [5, 5.41) is 0. The van der Waals surface area contributed by atoms with Gasteiger partial charge in [0.05, 0.1) is 0 Å². The Bertz CT molecular complexity index is 157. The third-order valence-corrected chi connectivity index (χ3v) is 4.22. The van der Waals surface area contributed by atoms with Crippen LogP contribution in [0, 0.1) is 0 Å². The number of rotatable bonds is 15. The van der Waals surface area contributed by atoms with Crippen molar-refractivity contribution in [2.45, 2.75) is 97.8 Å². The first-order chi connectivity index (χ1) is 9.35. The molecule has 0 fully saturated rings. The highest BCUT2D eigenvalue weighted by Crippen LogP contribution is 2.12. The third-order valence-electron chi connectivity index (χ3n) is 4.22. The minimum Gasteiger partial charge on any atom is -0.412 e. The van der Waals surface area contributed by atoms with Gasteiger partial charge in [0.1, 0.15) is 0 Å². The van der Waals surface area contributed by atoms with Crippen molar-refractivity contribution in [3.8, 4) is 0 Å². The van der Waals surface area contributed by atoms with E-state index in [0.717, 1.165) is 0 Å². The highest BCUT2D eigenvalue weighted by Gasteiger charge is 1.98. The first-order valence-corrected chi connectivity index (χ1v) is 9.07. The summed E-state index contributed by atoms with van der Waals surface area (Å²) in [6.45, 7) is 10.6. The molecule has 2 heteroatoms. The Hall–Kier alpha value is -0.0800. The van der Waals surface area contributed by atoms with E-state index in [9.17, 15) is 0 Å². The van der Waals surface area contributed by atoms with Crippen LogP contribution in [-0.4, -0.2) is 30.0 Å². The van der Waals surface area contributed by atoms with Crippen LogP contribution < -0.4 is 0 Å². The van der Waals surface area contributed by atoms with E-state index in [-0.39, 0.29) is 5.48 Å². The van der Waals surface area contributed by atoms with E-state index >= 15 is 0 Å². The fraction of sp³-hybridized carbons (Fsp3) is 1.00. The zero-order valence-electron chi connectivity index (χ0n) is 14.6. The SMILES string of the molecule is CCCCCCCCCCCCCCN(CC)CC.O. The standard InChI is InChI=1S/C18H39N.H2O/c1-4-7-8-9-10-11-12-13-14-15-16-17-18-19(5-2)6-3;/h4-18H2,1-3H3;1H2. The predicted molar refractivity (Wildman–Crippen MR) is 92.5 cm³/mol. The molecule has 2 N–H and O–H groups in total. The molecule has 0 aliphatic heterocycles. The first kappa shape index (κ1) is 22.2. The maximum Gasteiger partial charge on any atom is -0.00190 e. The van der Waals surface area contributed by atoms with Crippen molar-refractivity contribution in [1.82, 2.24) is 4.90 Å². The van der Waals surface area contributed by atoms with E-state index in [4.69, 9.17) is 0 Å². The summed E-state index contributed by atoms with van der Waals surface area (Å²) in [7, 11) is 0. The van der Waals surface area contributed by atoms with E-state index in [1.54, 1.807) is 0 Å². The first-order valence-electron chi connectivity index (χ1n) is 9.07. The Morgan fingerprint density at radius 1 is 0.500 bits per heavy atom. The molecule has 0 saturated carbocycles. The molecule has 0 amide bonds. The summed E-state index contributed by atoms with van der Waals surface area (Å²) in [5.74, 6) is 0. The molecule has 0 rings (SSSR count). The molecule has 0 aromatic carbocycles. The van der Waals surface area contributed by atoms with E-state index < -0.39 is 0 Å². The monoisotopic (exact) mass is 287 g/mol. The molecule has 0 atom stereocenters. The quantitative estimate of drug-likeness (QED) is 0.381. The normalized spacial score (nSPS) is 10.8. The molecule has 124 valence electrons.